The summed E-state index contributed by atoms with van der Waals surface area (Å²) in [7, 11) is 0. The third-order valence-corrected chi connectivity index (χ3v) is 4.01. The van der Waals surface area contributed by atoms with E-state index in [1.807, 2.05) is 24.3 Å². The van der Waals surface area contributed by atoms with Gasteiger partial charge in [0.05, 0.1) is 23.9 Å². The minimum absolute atomic E-state index is 0.289. The van der Waals surface area contributed by atoms with Crippen molar-refractivity contribution < 1.29 is 9.53 Å². The Bertz CT molecular complexity index is 973. The number of imidazole rings is 1. The molecule has 26 heavy (non-hydrogen) atoms. The van der Waals surface area contributed by atoms with Gasteiger partial charge in [0, 0.05) is 5.56 Å². The molecule has 0 fully saturated rings. The molecule has 3 rings (SSSR count). The van der Waals surface area contributed by atoms with Crippen molar-refractivity contribution in [3.8, 4) is 5.75 Å². The van der Waals surface area contributed by atoms with E-state index in [0.29, 0.717) is 10.3 Å². The molecule has 6 nitrogen and oxygen atoms in total. The maximum atomic E-state index is 12.2. The second-order valence-corrected chi connectivity index (χ2v) is 6.22. The van der Waals surface area contributed by atoms with E-state index in [0.717, 1.165) is 41.8 Å². The van der Waals surface area contributed by atoms with E-state index in [2.05, 4.69) is 27.4 Å². The largest absolute Gasteiger partial charge is 0.494 e. The molecule has 0 radical (unpaired) electrons. The van der Waals surface area contributed by atoms with Crippen LogP contribution in [0.3, 0.4) is 0 Å². The first kappa shape index (κ1) is 17.9. The van der Waals surface area contributed by atoms with Gasteiger partial charge >= 0.3 is 0 Å². The number of aromatic amines is 2. The monoisotopic (exact) mass is 368 g/mol. The molecule has 0 aliphatic heterocycles. The maximum Gasteiger partial charge on any atom is 0.271 e. The zero-order chi connectivity index (χ0) is 18.4. The van der Waals surface area contributed by atoms with E-state index in [4.69, 9.17) is 17.0 Å². The van der Waals surface area contributed by atoms with Gasteiger partial charge in [-0.25, -0.2) is 5.43 Å². The zero-order valence-corrected chi connectivity index (χ0v) is 15.2. The molecule has 1 aromatic heterocycles. The molecule has 1 amide bonds. The number of hydrazone groups is 1. The summed E-state index contributed by atoms with van der Waals surface area (Å²) in [4.78, 5) is 18.2. The molecule has 2 aromatic carbocycles. The van der Waals surface area contributed by atoms with Crippen LogP contribution in [0, 0.1) is 4.77 Å². The van der Waals surface area contributed by atoms with Crippen molar-refractivity contribution in [3.05, 3.63) is 58.4 Å². The standard InChI is InChI=1S/C19H20N4O2S/c1-2-3-10-25-15-7-4-13(5-8-15)12-20-23-18(24)14-6-9-16-17(11-14)22-19(26)21-16/h4-9,11-12H,2-3,10H2,1H3,(H,23,24)(H2,21,22,26)/b20-12-. The minimum atomic E-state index is -0.289. The van der Waals surface area contributed by atoms with E-state index in [-0.39, 0.29) is 5.91 Å². The number of hydrogen-bond acceptors (Lipinski definition) is 4. The first-order valence-corrected chi connectivity index (χ1v) is 8.85. The molecule has 0 aliphatic carbocycles. The fourth-order valence-electron chi connectivity index (χ4n) is 2.39. The molecule has 0 spiro atoms. The number of carbonyl (C=O) groups excluding carboxylic acids is 1. The average molecular weight is 368 g/mol. The van der Waals surface area contributed by atoms with Crippen molar-refractivity contribution in [2.45, 2.75) is 19.8 Å². The molecular weight excluding hydrogens is 348 g/mol. The Morgan fingerprint density at radius 2 is 1.96 bits per heavy atom. The third-order valence-electron chi connectivity index (χ3n) is 3.80. The number of fused-ring (bicyclic) bond motifs is 1. The van der Waals surface area contributed by atoms with Crippen molar-refractivity contribution >= 4 is 35.4 Å². The van der Waals surface area contributed by atoms with Crippen LogP contribution in [0.4, 0.5) is 0 Å². The predicted molar refractivity (Wildman–Crippen MR) is 105 cm³/mol. The van der Waals surface area contributed by atoms with Gasteiger partial charge in [0.1, 0.15) is 5.75 Å². The lowest BCUT2D eigenvalue weighted by Crippen LogP contribution is -2.17. The van der Waals surface area contributed by atoms with Crippen LogP contribution in [0.15, 0.2) is 47.6 Å². The van der Waals surface area contributed by atoms with Crippen LogP contribution in [0.5, 0.6) is 5.75 Å². The quantitative estimate of drug-likeness (QED) is 0.253. The number of carbonyl (C=O) groups is 1. The number of rotatable bonds is 7. The highest BCUT2D eigenvalue weighted by Gasteiger charge is 2.06. The Morgan fingerprint density at radius 1 is 1.19 bits per heavy atom. The fraction of sp³-hybridized carbons (Fsp3) is 0.211. The molecule has 0 saturated carbocycles. The van der Waals surface area contributed by atoms with Gasteiger partial charge in [-0.1, -0.05) is 13.3 Å². The van der Waals surface area contributed by atoms with E-state index < -0.39 is 0 Å². The summed E-state index contributed by atoms with van der Waals surface area (Å²) in [5, 5.41) is 4.00. The lowest BCUT2D eigenvalue weighted by molar-refractivity contribution is 0.0955. The van der Waals surface area contributed by atoms with Crippen LogP contribution in [-0.4, -0.2) is 28.7 Å². The van der Waals surface area contributed by atoms with Crippen molar-refractivity contribution in [1.29, 1.82) is 0 Å². The molecule has 0 aliphatic rings. The van der Waals surface area contributed by atoms with Gasteiger partial charge in [0.15, 0.2) is 4.77 Å². The number of unbranched alkanes of at least 4 members (excludes halogenated alkanes) is 1. The summed E-state index contributed by atoms with van der Waals surface area (Å²) in [6, 6.07) is 12.8. The van der Waals surface area contributed by atoms with Crippen molar-refractivity contribution in [2.75, 3.05) is 6.61 Å². The summed E-state index contributed by atoms with van der Waals surface area (Å²) in [6.45, 7) is 2.85. The van der Waals surface area contributed by atoms with Crippen LogP contribution >= 0.6 is 12.2 Å². The van der Waals surface area contributed by atoms with E-state index in [1.165, 1.54) is 0 Å². The predicted octanol–water partition coefficient (Wildman–Crippen LogP) is 4.17. The summed E-state index contributed by atoms with van der Waals surface area (Å²) in [5.41, 5.74) is 5.54. The summed E-state index contributed by atoms with van der Waals surface area (Å²) < 4.78 is 6.14. The molecule has 3 N–H and O–H groups in total. The molecule has 0 unspecified atom stereocenters. The Morgan fingerprint density at radius 3 is 2.73 bits per heavy atom. The van der Waals surface area contributed by atoms with Crippen LogP contribution < -0.4 is 10.2 Å². The second kappa shape index (κ2) is 8.44. The second-order valence-electron chi connectivity index (χ2n) is 5.81. The normalized spacial score (nSPS) is 11.1. The van der Waals surface area contributed by atoms with E-state index in [1.54, 1.807) is 24.4 Å². The van der Waals surface area contributed by atoms with Crippen molar-refractivity contribution in [1.82, 2.24) is 15.4 Å². The lowest BCUT2D eigenvalue weighted by Gasteiger charge is -2.05. The van der Waals surface area contributed by atoms with E-state index >= 15 is 0 Å². The molecule has 0 bridgehead atoms. The number of benzene rings is 2. The minimum Gasteiger partial charge on any atom is -0.494 e. The van der Waals surface area contributed by atoms with Gasteiger partial charge < -0.3 is 14.7 Å². The molecular formula is C19H20N4O2S. The maximum absolute atomic E-state index is 12.2. The van der Waals surface area contributed by atoms with Crippen LogP contribution in [0.2, 0.25) is 0 Å². The first-order chi connectivity index (χ1) is 12.7. The van der Waals surface area contributed by atoms with Gasteiger partial charge in [-0.15, -0.1) is 0 Å². The summed E-state index contributed by atoms with van der Waals surface area (Å²) in [5.74, 6) is 0.542. The summed E-state index contributed by atoms with van der Waals surface area (Å²) in [6.07, 6.45) is 3.74. The van der Waals surface area contributed by atoms with Gasteiger partial charge in [0.2, 0.25) is 0 Å². The molecule has 0 atom stereocenters. The lowest BCUT2D eigenvalue weighted by atomic mass is 10.2. The highest BCUT2D eigenvalue weighted by Crippen LogP contribution is 2.13. The van der Waals surface area contributed by atoms with Crippen LogP contribution in [-0.2, 0) is 0 Å². The highest BCUT2D eigenvalue weighted by atomic mass is 32.1. The molecule has 0 saturated heterocycles. The molecule has 134 valence electrons. The number of H-pyrrole nitrogens is 2. The fourth-order valence-corrected chi connectivity index (χ4v) is 2.61. The van der Waals surface area contributed by atoms with Crippen molar-refractivity contribution in [3.63, 3.8) is 0 Å². The highest BCUT2D eigenvalue weighted by molar-refractivity contribution is 7.71. The Hall–Kier alpha value is -2.93. The van der Waals surface area contributed by atoms with E-state index in [9.17, 15) is 4.79 Å². The molecule has 3 aromatic rings. The number of nitrogens with one attached hydrogen (secondary N) is 3. The van der Waals surface area contributed by atoms with Crippen molar-refractivity contribution in [2.24, 2.45) is 5.10 Å². The number of aromatic nitrogens is 2. The first-order valence-electron chi connectivity index (χ1n) is 8.44. The number of hydrogen-bond donors (Lipinski definition) is 3. The van der Waals surface area contributed by atoms with Crippen LogP contribution in [0.1, 0.15) is 35.7 Å². The van der Waals surface area contributed by atoms with Gasteiger partial charge in [-0.3, -0.25) is 4.79 Å². The zero-order valence-electron chi connectivity index (χ0n) is 14.4. The summed E-state index contributed by atoms with van der Waals surface area (Å²) >= 11 is 5.04. The van der Waals surface area contributed by atoms with Gasteiger partial charge in [0.25, 0.3) is 5.91 Å². The third kappa shape index (κ3) is 4.58. The number of amides is 1. The van der Waals surface area contributed by atoms with Gasteiger partial charge in [-0.2, -0.15) is 5.10 Å². The average Bonchev–Trinajstić information content (AvgIpc) is 3.02. The van der Waals surface area contributed by atoms with Crippen LogP contribution in [0.25, 0.3) is 11.0 Å². The SMILES string of the molecule is CCCCOc1ccc(/C=N\NC(=O)c2ccc3[nH]c(=S)[nH]c3c2)cc1. The smallest absolute Gasteiger partial charge is 0.271 e. The number of nitrogens with zero attached hydrogens (tertiary/aromatic N) is 1. The molecule has 1 heterocycles. The topological polar surface area (TPSA) is 82.3 Å². The Balaban J connectivity index is 1.58. The van der Waals surface area contributed by atoms with Gasteiger partial charge in [-0.05, 0) is 66.7 Å². The Kier molecular flexibility index (Phi) is 5.80. The number of ether oxygens (including phenoxy) is 1. The Labute approximate surface area is 156 Å². The molecule has 7 heteroatoms.